The molecule has 0 aromatic heterocycles. The minimum Gasteiger partial charge on any atom is -0.352 e. The maximum absolute atomic E-state index is 11.8. The number of rotatable bonds is 7. The molecular formula is C15H30N2O. The number of hydrogen-bond acceptors (Lipinski definition) is 2. The van der Waals surface area contributed by atoms with Gasteiger partial charge in [-0.15, -0.1) is 0 Å². The van der Waals surface area contributed by atoms with Gasteiger partial charge in [-0.3, -0.25) is 4.79 Å². The molecule has 2 N–H and O–H groups in total. The van der Waals surface area contributed by atoms with Crippen LogP contribution in [0.5, 0.6) is 0 Å². The van der Waals surface area contributed by atoms with Gasteiger partial charge in [0.1, 0.15) is 0 Å². The maximum Gasteiger partial charge on any atom is 0.234 e. The third-order valence-corrected chi connectivity index (χ3v) is 4.13. The van der Waals surface area contributed by atoms with Gasteiger partial charge in [-0.05, 0) is 44.9 Å². The summed E-state index contributed by atoms with van der Waals surface area (Å²) in [6.07, 6.45) is 8.63. The predicted octanol–water partition coefficient (Wildman–Crippen LogP) is 2.85. The summed E-state index contributed by atoms with van der Waals surface area (Å²) in [7, 11) is 0. The first kappa shape index (κ1) is 15.5. The van der Waals surface area contributed by atoms with Crippen LogP contribution in [0, 0.1) is 5.92 Å². The van der Waals surface area contributed by atoms with Crippen molar-refractivity contribution in [3.8, 4) is 0 Å². The van der Waals surface area contributed by atoms with Gasteiger partial charge in [-0.1, -0.05) is 26.7 Å². The monoisotopic (exact) mass is 254 g/mol. The average Bonchev–Trinajstić information content (AvgIpc) is 2.38. The molecule has 0 radical (unpaired) electrons. The Morgan fingerprint density at radius 3 is 2.44 bits per heavy atom. The van der Waals surface area contributed by atoms with Crippen molar-refractivity contribution in [1.82, 2.24) is 10.6 Å². The van der Waals surface area contributed by atoms with Gasteiger partial charge in [0.15, 0.2) is 0 Å². The standard InChI is InChI=1S/C15H30N2O/c1-4-6-13-7-9-14(10-8-13)17-15(18)11-16-12(3)5-2/h12-14,16H,4-11H2,1-3H3,(H,17,18). The Bertz CT molecular complexity index is 235. The summed E-state index contributed by atoms with van der Waals surface area (Å²) in [5, 5.41) is 6.40. The summed E-state index contributed by atoms with van der Waals surface area (Å²) < 4.78 is 0. The van der Waals surface area contributed by atoms with E-state index >= 15 is 0 Å². The molecule has 3 nitrogen and oxygen atoms in total. The molecule has 0 bridgehead atoms. The van der Waals surface area contributed by atoms with E-state index in [9.17, 15) is 4.79 Å². The summed E-state index contributed by atoms with van der Waals surface area (Å²) in [5.41, 5.74) is 0. The topological polar surface area (TPSA) is 41.1 Å². The number of carbonyl (C=O) groups excluding carboxylic acids is 1. The zero-order valence-electron chi connectivity index (χ0n) is 12.3. The second-order valence-corrected chi connectivity index (χ2v) is 5.76. The third kappa shape index (κ3) is 5.85. The lowest BCUT2D eigenvalue weighted by Gasteiger charge is -2.29. The van der Waals surface area contributed by atoms with Crippen LogP contribution in [0.1, 0.15) is 65.7 Å². The van der Waals surface area contributed by atoms with E-state index in [0.717, 1.165) is 12.3 Å². The van der Waals surface area contributed by atoms with Crippen molar-refractivity contribution in [3.63, 3.8) is 0 Å². The van der Waals surface area contributed by atoms with Crippen LogP contribution >= 0.6 is 0 Å². The molecule has 1 amide bonds. The first-order valence-corrected chi connectivity index (χ1v) is 7.68. The lowest BCUT2D eigenvalue weighted by molar-refractivity contribution is -0.121. The van der Waals surface area contributed by atoms with Crippen LogP contribution in [0.3, 0.4) is 0 Å². The van der Waals surface area contributed by atoms with Gasteiger partial charge in [-0.2, -0.15) is 0 Å². The Morgan fingerprint density at radius 1 is 1.22 bits per heavy atom. The van der Waals surface area contributed by atoms with E-state index in [1.54, 1.807) is 0 Å². The first-order valence-electron chi connectivity index (χ1n) is 7.68. The Balaban J connectivity index is 2.14. The SMILES string of the molecule is CCCC1CCC(NC(=O)CNC(C)CC)CC1. The first-order chi connectivity index (χ1) is 8.65. The van der Waals surface area contributed by atoms with Crippen molar-refractivity contribution in [2.45, 2.75) is 77.8 Å². The van der Waals surface area contributed by atoms with Gasteiger partial charge in [-0.25, -0.2) is 0 Å². The minimum absolute atomic E-state index is 0.161. The third-order valence-electron chi connectivity index (χ3n) is 4.13. The smallest absolute Gasteiger partial charge is 0.234 e. The fourth-order valence-corrected chi connectivity index (χ4v) is 2.69. The molecule has 0 aromatic carbocycles. The van der Waals surface area contributed by atoms with Gasteiger partial charge >= 0.3 is 0 Å². The minimum atomic E-state index is 0.161. The van der Waals surface area contributed by atoms with Crippen LogP contribution in [0.4, 0.5) is 0 Å². The van der Waals surface area contributed by atoms with Crippen LogP contribution in [-0.4, -0.2) is 24.5 Å². The summed E-state index contributed by atoms with van der Waals surface area (Å²) in [6.45, 7) is 6.96. The maximum atomic E-state index is 11.8. The number of carbonyl (C=O) groups is 1. The number of amides is 1. The summed E-state index contributed by atoms with van der Waals surface area (Å²) >= 11 is 0. The molecular weight excluding hydrogens is 224 g/mol. The number of nitrogens with one attached hydrogen (secondary N) is 2. The van der Waals surface area contributed by atoms with E-state index in [1.165, 1.54) is 38.5 Å². The van der Waals surface area contributed by atoms with E-state index in [1.807, 2.05) is 0 Å². The lowest BCUT2D eigenvalue weighted by Crippen LogP contribution is -2.43. The number of hydrogen-bond donors (Lipinski definition) is 2. The molecule has 0 spiro atoms. The highest BCUT2D eigenvalue weighted by molar-refractivity contribution is 5.78. The van der Waals surface area contributed by atoms with Crippen LogP contribution in [0.2, 0.25) is 0 Å². The second kappa shape index (κ2) is 8.52. The zero-order chi connectivity index (χ0) is 13.4. The Hall–Kier alpha value is -0.570. The Labute approximate surface area is 112 Å². The Morgan fingerprint density at radius 2 is 1.89 bits per heavy atom. The molecule has 0 saturated heterocycles. The molecule has 0 aromatic rings. The zero-order valence-corrected chi connectivity index (χ0v) is 12.3. The summed E-state index contributed by atoms with van der Waals surface area (Å²) in [4.78, 5) is 11.8. The highest BCUT2D eigenvalue weighted by Crippen LogP contribution is 2.27. The van der Waals surface area contributed by atoms with Crippen molar-refractivity contribution < 1.29 is 4.79 Å². The van der Waals surface area contributed by atoms with Crippen molar-refractivity contribution in [2.24, 2.45) is 5.92 Å². The van der Waals surface area contributed by atoms with Gasteiger partial charge in [0.05, 0.1) is 6.54 Å². The highest BCUT2D eigenvalue weighted by atomic mass is 16.1. The quantitative estimate of drug-likeness (QED) is 0.733. The molecule has 1 saturated carbocycles. The molecule has 1 fully saturated rings. The van der Waals surface area contributed by atoms with Gasteiger partial charge in [0, 0.05) is 12.1 Å². The average molecular weight is 254 g/mol. The van der Waals surface area contributed by atoms with Gasteiger partial charge in [0.2, 0.25) is 5.91 Å². The predicted molar refractivity (Wildman–Crippen MR) is 76.6 cm³/mol. The van der Waals surface area contributed by atoms with E-state index in [2.05, 4.69) is 31.4 Å². The van der Waals surface area contributed by atoms with Crippen LogP contribution < -0.4 is 10.6 Å². The molecule has 0 aliphatic heterocycles. The molecule has 0 heterocycles. The van der Waals surface area contributed by atoms with Crippen LogP contribution in [0.15, 0.2) is 0 Å². The van der Waals surface area contributed by atoms with Crippen molar-refractivity contribution >= 4 is 5.91 Å². The van der Waals surface area contributed by atoms with E-state index in [4.69, 9.17) is 0 Å². The fraction of sp³-hybridized carbons (Fsp3) is 0.933. The lowest BCUT2D eigenvalue weighted by atomic mass is 9.83. The second-order valence-electron chi connectivity index (χ2n) is 5.76. The van der Waals surface area contributed by atoms with Gasteiger partial charge < -0.3 is 10.6 Å². The Kier molecular flexibility index (Phi) is 7.33. The molecule has 1 atom stereocenters. The fourth-order valence-electron chi connectivity index (χ4n) is 2.69. The van der Waals surface area contributed by atoms with Gasteiger partial charge in [0.25, 0.3) is 0 Å². The largest absolute Gasteiger partial charge is 0.352 e. The van der Waals surface area contributed by atoms with E-state index < -0.39 is 0 Å². The van der Waals surface area contributed by atoms with E-state index in [0.29, 0.717) is 18.6 Å². The normalized spacial score (nSPS) is 25.7. The molecule has 1 aliphatic carbocycles. The highest BCUT2D eigenvalue weighted by Gasteiger charge is 2.21. The summed E-state index contributed by atoms with van der Waals surface area (Å²) in [5.74, 6) is 1.07. The van der Waals surface area contributed by atoms with Crippen LogP contribution in [0.25, 0.3) is 0 Å². The van der Waals surface area contributed by atoms with Crippen molar-refractivity contribution in [1.29, 1.82) is 0 Å². The van der Waals surface area contributed by atoms with Crippen molar-refractivity contribution in [3.05, 3.63) is 0 Å². The molecule has 18 heavy (non-hydrogen) atoms. The molecule has 106 valence electrons. The van der Waals surface area contributed by atoms with E-state index in [-0.39, 0.29) is 5.91 Å². The molecule has 3 heteroatoms. The molecule has 1 unspecified atom stereocenters. The molecule has 1 aliphatic rings. The summed E-state index contributed by atoms with van der Waals surface area (Å²) in [6, 6.07) is 0.848. The molecule has 1 rings (SSSR count). The van der Waals surface area contributed by atoms with Crippen molar-refractivity contribution in [2.75, 3.05) is 6.54 Å². The van der Waals surface area contributed by atoms with Crippen LogP contribution in [-0.2, 0) is 4.79 Å².